The van der Waals surface area contributed by atoms with Crippen LogP contribution in [-0.4, -0.2) is 58.4 Å². The monoisotopic (exact) mass is 321 g/mol. The summed E-state index contributed by atoms with van der Waals surface area (Å²) in [5.41, 5.74) is 0. The van der Waals surface area contributed by atoms with Gasteiger partial charge in [-0.3, -0.25) is 0 Å². The number of esters is 1. The first-order valence-corrected chi connectivity index (χ1v) is 6.80. The fraction of sp³-hybridized carbons (Fsp3) is 0.750. The number of rotatable bonds is 11. The Morgan fingerprint density at radius 2 is 1.91 bits per heavy atom. The Balaban J connectivity index is 2.22. The smallest absolute Gasteiger partial charge is 0.378 e. The molecule has 0 aliphatic carbocycles. The average molecular weight is 321 g/mol. The standard InChI is InChI=1S/C12H19NO9/c14-7-8(15)10-9(16)11(12(17)22-10)20-5-3-1-2-4-6-21-13(18)19/h8,10,14-16H,1-7H2. The zero-order chi connectivity index (χ0) is 16.5. The number of nitrogens with zero attached hydrogens (tertiary/aromatic N) is 1. The number of carbonyl (C=O) groups excluding carboxylic acids is 1. The van der Waals surface area contributed by atoms with E-state index in [0.717, 1.165) is 0 Å². The van der Waals surface area contributed by atoms with Crippen molar-refractivity contribution in [2.45, 2.75) is 37.9 Å². The zero-order valence-electron chi connectivity index (χ0n) is 11.8. The van der Waals surface area contributed by atoms with Gasteiger partial charge in [-0.25, -0.2) is 4.79 Å². The molecule has 2 unspecified atom stereocenters. The lowest BCUT2D eigenvalue weighted by Crippen LogP contribution is -2.31. The van der Waals surface area contributed by atoms with Gasteiger partial charge < -0.3 is 29.6 Å². The first kappa shape index (κ1) is 18.0. The number of aliphatic hydroxyl groups is 3. The van der Waals surface area contributed by atoms with Crippen LogP contribution in [0.4, 0.5) is 0 Å². The molecule has 0 saturated heterocycles. The molecule has 0 radical (unpaired) electrons. The van der Waals surface area contributed by atoms with Crippen LogP contribution < -0.4 is 0 Å². The Hall–Kier alpha value is -2.07. The second-order valence-electron chi connectivity index (χ2n) is 4.61. The van der Waals surface area contributed by atoms with Crippen molar-refractivity contribution in [3.63, 3.8) is 0 Å². The number of cyclic esters (lactones) is 1. The number of aliphatic hydroxyl groups excluding tert-OH is 3. The summed E-state index contributed by atoms with van der Waals surface area (Å²) in [6, 6.07) is 0. The average Bonchev–Trinajstić information content (AvgIpc) is 2.76. The van der Waals surface area contributed by atoms with Crippen LogP contribution in [0, 0.1) is 10.1 Å². The molecule has 2 atom stereocenters. The van der Waals surface area contributed by atoms with Gasteiger partial charge in [0.05, 0.1) is 19.8 Å². The molecule has 10 nitrogen and oxygen atoms in total. The highest BCUT2D eigenvalue weighted by Gasteiger charge is 2.40. The maximum absolute atomic E-state index is 11.4. The van der Waals surface area contributed by atoms with Gasteiger partial charge in [-0.15, -0.1) is 10.1 Å². The van der Waals surface area contributed by atoms with Crippen molar-refractivity contribution < 1.29 is 39.5 Å². The molecule has 0 bridgehead atoms. The highest BCUT2D eigenvalue weighted by Crippen LogP contribution is 2.24. The molecule has 1 rings (SSSR count). The van der Waals surface area contributed by atoms with E-state index in [4.69, 9.17) is 14.6 Å². The van der Waals surface area contributed by atoms with Crippen molar-refractivity contribution in [3.05, 3.63) is 21.6 Å². The van der Waals surface area contributed by atoms with E-state index in [1.807, 2.05) is 0 Å². The van der Waals surface area contributed by atoms with Crippen molar-refractivity contribution in [2.75, 3.05) is 19.8 Å². The molecule has 0 saturated carbocycles. The summed E-state index contributed by atoms with van der Waals surface area (Å²) in [5.74, 6) is -1.80. The van der Waals surface area contributed by atoms with E-state index in [9.17, 15) is 25.1 Å². The van der Waals surface area contributed by atoms with E-state index in [0.29, 0.717) is 25.7 Å². The van der Waals surface area contributed by atoms with Gasteiger partial charge in [0.15, 0.2) is 11.9 Å². The maximum atomic E-state index is 11.4. The molecule has 3 N–H and O–H groups in total. The predicted octanol–water partition coefficient (Wildman–Crippen LogP) is -0.180. The third kappa shape index (κ3) is 5.37. The lowest BCUT2D eigenvalue weighted by Gasteiger charge is -2.13. The molecular formula is C12H19NO9. The summed E-state index contributed by atoms with van der Waals surface area (Å²) in [6.45, 7) is -0.485. The second kappa shape index (κ2) is 9.05. The lowest BCUT2D eigenvalue weighted by atomic mass is 10.2. The van der Waals surface area contributed by atoms with E-state index in [1.54, 1.807) is 0 Å². The molecule has 0 spiro atoms. The zero-order valence-corrected chi connectivity index (χ0v) is 11.8. The Labute approximate surface area is 126 Å². The molecule has 10 heteroatoms. The first-order valence-electron chi connectivity index (χ1n) is 6.80. The van der Waals surface area contributed by atoms with Crippen molar-refractivity contribution >= 4 is 5.97 Å². The molecule has 126 valence electrons. The second-order valence-corrected chi connectivity index (χ2v) is 4.61. The lowest BCUT2D eigenvalue weighted by molar-refractivity contribution is -0.757. The minimum Gasteiger partial charge on any atom is -0.505 e. The van der Waals surface area contributed by atoms with Crippen LogP contribution in [0.25, 0.3) is 0 Å². The number of hydrogen-bond donors (Lipinski definition) is 3. The van der Waals surface area contributed by atoms with Crippen molar-refractivity contribution in [2.24, 2.45) is 0 Å². The summed E-state index contributed by atoms with van der Waals surface area (Å²) in [6.07, 6.45) is -0.235. The maximum Gasteiger partial charge on any atom is 0.378 e. The fourth-order valence-corrected chi connectivity index (χ4v) is 1.82. The number of ether oxygens (including phenoxy) is 2. The molecule has 0 aromatic carbocycles. The van der Waals surface area contributed by atoms with Gasteiger partial charge in [0.25, 0.3) is 5.09 Å². The van der Waals surface area contributed by atoms with E-state index < -0.39 is 35.6 Å². The highest BCUT2D eigenvalue weighted by molar-refractivity contribution is 5.89. The molecule has 0 aromatic rings. The number of hydrogen-bond acceptors (Lipinski definition) is 9. The SMILES string of the molecule is O=C1OC(C(O)CO)C(O)=C1OCCCCCCO[N+](=O)[O-]. The van der Waals surface area contributed by atoms with Crippen LogP contribution in [0.1, 0.15) is 25.7 Å². The minimum atomic E-state index is -1.41. The van der Waals surface area contributed by atoms with Crippen LogP contribution in [-0.2, 0) is 19.1 Å². The van der Waals surface area contributed by atoms with Crippen LogP contribution in [0.5, 0.6) is 0 Å². The molecule has 1 aliphatic heterocycles. The van der Waals surface area contributed by atoms with E-state index >= 15 is 0 Å². The van der Waals surface area contributed by atoms with Gasteiger partial charge in [0.1, 0.15) is 6.10 Å². The fourth-order valence-electron chi connectivity index (χ4n) is 1.82. The van der Waals surface area contributed by atoms with Gasteiger partial charge in [-0.1, -0.05) is 12.8 Å². The normalized spacial score (nSPS) is 19.0. The third-order valence-corrected chi connectivity index (χ3v) is 2.94. The van der Waals surface area contributed by atoms with Gasteiger partial charge in [0, 0.05) is 0 Å². The van der Waals surface area contributed by atoms with Gasteiger partial charge in [0.2, 0.25) is 5.76 Å². The topological polar surface area (TPSA) is 149 Å². The quantitative estimate of drug-likeness (QED) is 0.204. The third-order valence-electron chi connectivity index (χ3n) is 2.94. The van der Waals surface area contributed by atoms with Crippen LogP contribution >= 0.6 is 0 Å². The molecular weight excluding hydrogens is 302 g/mol. The Bertz CT molecular complexity index is 423. The summed E-state index contributed by atoms with van der Waals surface area (Å²) in [7, 11) is 0. The van der Waals surface area contributed by atoms with Crippen molar-refractivity contribution in [1.82, 2.24) is 0 Å². The molecule has 1 heterocycles. The summed E-state index contributed by atoms with van der Waals surface area (Å²) in [5, 5.41) is 36.9. The molecule has 0 amide bonds. The first-order chi connectivity index (χ1) is 10.5. The summed E-state index contributed by atoms with van der Waals surface area (Å²) >= 11 is 0. The van der Waals surface area contributed by atoms with Crippen LogP contribution in [0.2, 0.25) is 0 Å². The summed E-state index contributed by atoms with van der Waals surface area (Å²) < 4.78 is 9.81. The largest absolute Gasteiger partial charge is 0.505 e. The highest BCUT2D eigenvalue weighted by atomic mass is 16.9. The van der Waals surface area contributed by atoms with Gasteiger partial charge >= 0.3 is 5.97 Å². The number of carbonyl (C=O) groups is 1. The Morgan fingerprint density at radius 3 is 2.50 bits per heavy atom. The van der Waals surface area contributed by atoms with E-state index in [1.165, 1.54) is 0 Å². The van der Waals surface area contributed by atoms with Gasteiger partial charge in [-0.05, 0) is 12.8 Å². The molecule has 1 aliphatic rings. The van der Waals surface area contributed by atoms with Crippen molar-refractivity contribution in [1.29, 1.82) is 0 Å². The molecule has 0 aromatic heterocycles. The Kier molecular flexibility index (Phi) is 7.40. The summed E-state index contributed by atoms with van der Waals surface area (Å²) in [4.78, 5) is 25.5. The Morgan fingerprint density at radius 1 is 1.27 bits per heavy atom. The van der Waals surface area contributed by atoms with E-state index in [2.05, 4.69) is 4.84 Å². The predicted molar refractivity (Wildman–Crippen MR) is 70.0 cm³/mol. The van der Waals surface area contributed by atoms with E-state index in [-0.39, 0.29) is 19.0 Å². The minimum absolute atomic E-state index is 0.0346. The molecule has 0 fully saturated rings. The number of unbranched alkanes of at least 4 members (excludes halogenated alkanes) is 3. The van der Waals surface area contributed by atoms with Crippen molar-refractivity contribution in [3.8, 4) is 0 Å². The van der Waals surface area contributed by atoms with Crippen LogP contribution in [0.15, 0.2) is 11.5 Å². The molecule has 22 heavy (non-hydrogen) atoms. The van der Waals surface area contributed by atoms with Gasteiger partial charge in [-0.2, -0.15) is 0 Å². The van der Waals surface area contributed by atoms with Crippen LogP contribution in [0.3, 0.4) is 0 Å².